The van der Waals surface area contributed by atoms with E-state index in [1.54, 1.807) is 24.4 Å². The summed E-state index contributed by atoms with van der Waals surface area (Å²) in [5.41, 5.74) is 2.90. The van der Waals surface area contributed by atoms with Crippen molar-refractivity contribution in [1.82, 2.24) is 4.98 Å². The number of anilines is 2. The van der Waals surface area contributed by atoms with Crippen LogP contribution in [0.2, 0.25) is 0 Å². The smallest absolute Gasteiger partial charge is 0.225 e. The van der Waals surface area contributed by atoms with Gasteiger partial charge in [0.15, 0.2) is 9.84 Å². The number of ether oxygens (including phenoxy) is 1. The Morgan fingerprint density at radius 1 is 1.13 bits per heavy atom. The molecular formula is C23H29N3O4S. The topological polar surface area (TPSA) is 88.6 Å². The van der Waals surface area contributed by atoms with Gasteiger partial charge in [-0.1, -0.05) is 6.07 Å². The molecule has 7 nitrogen and oxygen atoms in total. The maximum atomic E-state index is 12.7. The molecule has 31 heavy (non-hydrogen) atoms. The highest BCUT2D eigenvalue weighted by atomic mass is 32.2. The number of fused-ring (bicyclic) bond motifs is 1. The van der Waals surface area contributed by atoms with Crippen LogP contribution in [0.4, 0.5) is 11.5 Å². The number of aromatic nitrogens is 1. The van der Waals surface area contributed by atoms with Gasteiger partial charge in [0.2, 0.25) is 5.91 Å². The van der Waals surface area contributed by atoms with Crippen molar-refractivity contribution in [3.8, 4) is 0 Å². The molecule has 0 spiro atoms. The second kappa shape index (κ2) is 8.96. The van der Waals surface area contributed by atoms with E-state index in [9.17, 15) is 13.2 Å². The monoisotopic (exact) mass is 443 g/mol. The molecule has 2 aromatic rings. The first-order valence-electron chi connectivity index (χ1n) is 10.8. The van der Waals surface area contributed by atoms with E-state index in [4.69, 9.17) is 4.74 Å². The van der Waals surface area contributed by atoms with Crippen molar-refractivity contribution in [1.29, 1.82) is 0 Å². The van der Waals surface area contributed by atoms with Gasteiger partial charge in [-0.15, -0.1) is 0 Å². The first-order chi connectivity index (χ1) is 14.8. The van der Waals surface area contributed by atoms with Crippen LogP contribution in [-0.2, 0) is 32.2 Å². The molecule has 0 radical (unpaired) electrons. The number of sulfone groups is 1. The van der Waals surface area contributed by atoms with E-state index in [-0.39, 0.29) is 30.3 Å². The van der Waals surface area contributed by atoms with E-state index in [0.29, 0.717) is 10.6 Å². The van der Waals surface area contributed by atoms with Crippen LogP contribution in [0, 0.1) is 0 Å². The van der Waals surface area contributed by atoms with Gasteiger partial charge in [-0.05, 0) is 68.5 Å². The van der Waals surface area contributed by atoms with Crippen molar-refractivity contribution >= 4 is 27.2 Å². The summed E-state index contributed by atoms with van der Waals surface area (Å²) in [6, 6.07) is 8.99. The van der Waals surface area contributed by atoms with Gasteiger partial charge in [-0.25, -0.2) is 13.4 Å². The molecule has 1 aromatic carbocycles. The van der Waals surface area contributed by atoms with Gasteiger partial charge in [-0.3, -0.25) is 4.79 Å². The molecule has 0 saturated carbocycles. The maximum absolute atomic E-state index is 12.7. The number of amides is 1. The lowest BCUT2D eigenvalue weighted by atomic mass is 10.1. The summed E-state index contributed by atoms with van der Waals surface area (Å²) in [5.74, 6) is 0.277. The van der Waals surface area contributed by atoms with Crippen LogP contribution in [0.5, 0.6) is 0 Å². The molecule has 1 amide bonds. The van der Waals surface area contributed by atoms with Crippen molar-refractivity contribution in [2.75, 3.05) is 29.1 Å². The summed E-state index contributed by atoms with van der Waals surface area (Å²) in [4.78, 5) is 19.2. The van der Waals surface area contributed by atoms with Crippen LogP contribution in [0.15, 0.2) is 41.4 Å². The standard InChI is InChI=1S/C23H29N3O4S/c1-16-14-26(15-17(2)30-16)22-9-7-20(13-24-22)25-23(27)10-11-31(28,29)21-8-6-18-4-3-5-19(18)12-21/h6-9,12-13,16-17H,3-5,10-11,14-15H2,1-2H3,(H,25,27). The number of benzene rings is 1. The number of pyridine rings is 1. The lowest BCUT2D eigenvalue weighted by Crippen LogP contribution is -2.45. The molecule has 1 saturated heterocycles. The molecule has 1 fully saturated rings. The fourth-order valence-electron chi connectivity index (χ4n) is 4.32. The fourth-order valence-corrected chi connectivity index (χ4v) is 5.61. The Hall–Kier alpha value is -2.45. The van der Waals surface area contributed by atoms with Crippen LogP contribution < -0.4 is 10.2 Å². The molecule has 2 heterocycles. The number of aryl methyl sites for hydroxylation is 2. The van der Waals surface area contributed by atoms with E-state index in [1.165, 1.54) is 5.56 Å². The molecule has 1 aliphatic carbocycles. The number of carbonyl (C=O) groups excluding carboxylic acids is 1. The van der Waals surface area contributed by atoms with Gasteiger partial charge in [-0.2, -0.15) is 0 Å². The molecular weight excluding hydrogens is 414 g/mol. The van der Waals surface area contributed by atoms with E-state index in [2.05, 4.69) is 15.2 Å². The zero-order valence-electron chi connectivity index (χ0n) is 18.0. The van der Waals surface area contributed by atoms with Crippen molar-refractivity contribution in [2.45, 2.75) is 56.6 Å². The first kappa shape index (κ1) is 21.8. The Balaban J connectivity index is 1.32. The predicted octanol–water partition coefficient (Wildman–Crippen LogP) is 2.99. The normalized spacial score (nSPS) is 21.0. The highest BCUT2D eigenvalue weighted by Crippen LogP contribution is 2.25. The average molecular weight is 444 g/mol. The third-order valence-electron chi connectivity index (χ3n) is 5.80. The van der Waals surface area contributed by atoms with Crippen LogP contribution in [0.25, 0.3) is 0 Å². The lowest BCUT2D eigenvalue weighted by molar-refractivity contribution is -0.115. The summed E-state index contributed by atoms with van der Waals surface area (Å²) in [7, 11) is -3.50. The molecule has 1 aromatic heterocycles. The first-order valence-corrected chi connectivity index (χ1v) is 12.5. The number of nitrogens with zero attached hydrogens (tertiary/aromatic N) is 2. The minimum atomic E-state index is -3.50. The molecule has 0 bridgehead atoms. The van der Waals surface area contributed by atoms with Crippen molar-refractivity contribution in [3.63, 3.8) is 0 Å². The summed E-state index contributed by atoms with van der Waals surface area (Å²) in [5, 5.41) is 2.75. The third kappa shape index (κ3) is 5.25. The number of hydrogen-bond donors (Lipinski definition) is 1. The van der Waals surface area contributed by atoms with E-state index >= 15 is 0 Å². The Labute approximate surface area is 183 Å². The highest BCUT2D eigenvalue weighted by molar-refractivity contribution is 7.91. The van der Waals surface area contributed by atoms with Gasteiger partial charge in [0.05, 0.1) is 34.7 Å². The van der Waals surface area contributed by atoms with E-state index in [0.717, 1.165) is 43.7 Å². The number of carbonyl (C=O) groups is 1. The van der Waals surface area contributed by atoms with Gasteiger partial charge < -0.3 is 15.0 Å². The number of nitrogens with one attached hydrogen (secondary N) is 1. The van der Waals surface area contributed by atoms with Crippen LogP contribution in [-0.4, -0.2) is 50.4 Å². The molecule has 2 atom stereocenters. The average Bonchev–Trinajstić information content (AvgIpc) is 3.20. The molecule has 1 aliphatic heterocycles. The zero-order valence-corrected chi connectivity index (χ0v) is 18.8. The SMILES string of the molecule is CC1CN(c2ccc(NC(=O)CCS(=O)(=O)c3ccc4c(c3)CCC4)cn2)CC(C)O1. The second-order valence-corrected chi connectivity index (χ2v) is 10.6. The molecule has 2 unspecified atom stereocenters. The van der Waals surface area contributed by atoms with Gasteiger partial charge in [0, 0.05) is 19.5 Å². The van der Waals surface area contributed by atoms with E-state index < -0.39 is 9.84 Å². The largest absolute Gasteiger partial charge is 0.372 e. The fraction of sp³-hybridized carbons (Fsp3) is 0.478. The highest BCUT2D eigenvalue weighted by Gasteiger charge is 2.23. The zero-order chi connectivity index (χ0) is 22.0. The Bertz CT molecular complexity index is 1040. The van der Waals surface area contributed by atoms with Gasteiger partial charge >= 0.3 is 0 Å². The minimum absolute atomic E-state index is 0.0976. The third-order valence-corrected chi connectivity index (χ3v) is 7.52. The van der Waals surface area contributed by atoms with E-state index in [1.807, 2.05) is 26.0 Å². The van der Waals surface area contributed by atoms with Gasteiger partial charge in [0.1, 0.15) is 5.82 Å². The Kier molecular flexibility index (Phi) is 6.29. The lowest BCUT2D eigenvalue weighted by Gasteiger charge is -2.36. The minimum Gasteiger partial charge on any atom is -0.372 e. The number of hydrogen-bond acceptors (Lipinski definition) is 6. The quantitative estimate of drug-likeness (QED) is 0.738. The van der Waals surface area contributed by atoms with Crippen molar-refractivity contribution in [3.05, 3.63) is 47.7 Å². The van der Waals surface area contributed by atoms with Crippen LogP contribution in [0.1, 0.15) is 37.8 Å². The van der Waals surface area contributed by atoms with Crippen LogP contribution >= 0.6 is 0 Å². The maximum Gasteiger partial charge on any atom is 0.225 e. The number of morpholine rings is 1. The number of rotatable bonds is 6. The van der Waals surface area contributed by atoms with Crippen molar-refractivity contribution < 1.29 is 17.9 Å². The Morgan fingerprint density at radius 2 is 1.87 bits per heavy atom. The van der Waals surface area contributed by atoms with Gasteiger partial charge in [0.25, 0.3) is 0 Å². The molecule has 4 rings (SSSR count). The summed E-state index contributed by atoms with van der Waals surface area (Å²) in [6.45, 7) is 5.61. The predicted molar refractivity (Wildman–Crippen MR) is 120 cm³/mol. The summed E-state index contributed by atoms with van der Waals surface area (Å²) < 4.78 is 31.1. The van der Waals surface area contributed by atoms with Crippen molar-refractivity contribution in [2.24, 2.45) is 0 Å². The molecule has 8 heteroatoms. The summed E-state index contributed by atoms with van der Waals surface area (Å²) in [6.07, 6.45) is 4.78. The van der Waals surface area contributed by atoms with Crippen LogP contribution in [0.3, 0.4) is 0 Å². The molecule has 2 aliphatic rings. The molecule has 1 N–H and O–H groups in total. The summed E-state index contributed by atoms with van der Waals surface area (Å²) >= 11 is 0. The molecule has 166 valence electrons. The second-order valence-electron chi connectivity index (χ2n) is 8.47. The Morgan fingerprint density at radius 3 is 2.58 bits per heavy atom.